The number of carbonyl (C=O) groups is 1. The van der Waals surface area contributed by atoms with E-state index in [2.05, 4.69) is 27.8 Å². The zero-order valence-corrected chi connectivity index (χ0v) is 22.7. The molecular formula is C28H28N6O4S. The molecular weight excluding hydrogens is 516 g/mol. The van der Waals surface area contributed by atoms with Gasteiger partial charge in [0, 0.05) is 64.9 Å². The van der Waals surface area contributed by atoms with E-state index in [0.717, 1.165) is 28.6 Å². The molecule has 1 N–H and O–H groups in total. The first kappa shape index (κ1) is 24.9. The van der Waals surface area contributed by atoms with E-state index in [1.54, 1.807) is 39.0 Å². The number of amides is 1. The van der Waals surface area contributed by atoms with E-state index in [0.29, 0.717) is 65.3 Å². The SMILES string of the molecule is COc1cc(Nc2nc(-c3csc4ccccc34)nc3c2ncn3CCN2CCCC2=O)cc(OC)c1OC. The molecule has 1 aliphatic heterocycles. The Morgan fingerprint density at radius 2 is 1.82 bits per heavy atom. The highest BCUT2D eigenvalue weighted by molar-refractivity contribution is 7.17. The van der Waals surface area contributed by atoms with Crippen molar-refractivity contribution in [3.05, 3.63) is 48.1 Å². The Labute approximate surface area is 229 Å². The van der Waals surface area contributed by atoms with Gasteiger partial charge in [-0.1, -0.05) is 18.2 Å². The molecule has 0 saturated carbocycles. The van der Waals surface area contributed by atoms with Crippen LogP contribution in [0.5, 0.6) is 17.2 Å². The van der Waals surface area contributed by atoms with Gasteiger partial charge in [0.25, 0.3) is 0 Å². The number of ether oxygens (including phenoxy) is 3. The highest BCUT2D eigenvalue weighted by Crippen LogP contribution is 2.41. The van der Waals surface area contributed by atoms with Crippen LogP contribution in [0.1, 0.15) is 12.8 Å². The summed E-state index contributed by atoms with van der Waals surface area (Å²) in [6.07, 6.45) is 3.28. The number of aromatic nitrogens is 4. The minimum Gasteiger partial charge on any atom is -0.493 e. The minimum atomic E-state index is 0.198. The van der Waals surface area contributed by atoms with Gasteiger partial charge in [-0.3, -0.25) is 4.79 Å². The van der Waals surface area contributed by atoms with Gasteiger partial charge in [-0.15, -0.1) is 11.3 Å². The number of methoxy groups -OCH3 is 3. The lowest BCUT2D eigenvalue weighted by Gasteiger charge is -2.16. The number of thiophene rings is 1. The second-order valence-corrected chi connectivity index (χ2v) is 10.1. The number of imidazole rings is 1. The van der Waals surface area contributed by atoms with Crippen molar-refractivity contribution >= 4 is 50.0 Å². The molecule has 1 saturated heterocycles. The summed E-state index contributed by atoms with van der Waals surface area (Å²) >= 11 is 1.66. The van der Waals surface area contributed by atoms with Crippen LogP contribution in [-0.4, -0.2) is 64.7 Å². The third-order valence-corrected chi connectivity index (χ3v) is 7.86. The lowest BCUT2D eigenvalue weighted by Crippen LogP contribution is -2.28. The van der Waals surface area contributed by atoms with Gasteiger partial charge in [-0.05, 0) is 12.5 Å². The monoisotopic (exact) mass is 544 g/mol. The standard InChI is InChI=1S/C28H28N6O4S/c1-36-20-13-17(14-21(37-2)25(20)38-3)30-27-24-28(34(16-29-24)12-11-33-10-6-9-23(33)35)32-26(31-27)19-15-39-22-8-5-4-7-18(19)22/h4-5,7-8,13-16H,6,9-12H2,1-3H3,(H,30,31,32). The number of nitrogens with zero attached hydrogens (tertiary/aromatic N) is 5. The number of nitrogens with one attached hydrogen (secondary N) is 1. The topological polar surface area (TPSA) is 104 Å². The highest BCUT2D eigenvalue weighted by atomic mass is 32.1. The number of hydrogen-bond donors (Lipinski definition) is 1. The van der Waals surface area contributed by atoms with Crippen molar-refractivity contribution in [1.82, 2.24) is 24.4 Å². The van der Waals surface area contributed by atoms with Crippen LogP contribution in [0, 0.1) is 0 Å². The molecule has 1 aliphatic rings. The second-order valence-electron chi connectivity index (χ2n) is 9.17. The largest absolute Gasteiger partial charge is 0.493 e. The van der Waals surface area contributed by atoms with E-state index in [-0.39, 0.29) is 5.91 Å². The van der Waals surface area contributed by atoms with Gasteiger partial charge in [0.1, 0.15) is 0 Å². The van der Waals surface area contributed by atoms with Gasteiger partial charge in [0.05, 0.1) is 27.7 Å². The van der Waals surface area contributed by atoms with Crippen molar-refractivity contribution in [2.45, 2.75) is 19.4 Å². The first-order valence-electron chi connectivity index (χ1n) is 12.6. The second kappa shape index (κ2) is 10.4. The smallest absolute Gasteiger partial charge is 0.222 e. The first-order chi connectivity index (χ1) is 19.1. The molecule has 0 spiro atoms. The molecule has 200 valence electrons. The number of anilines is 2. The Morgan fingerprint density at radius 1 is 1.03 bits per heavy atom. The summed E-state index contributed by atoms with van der Waals surface area (Å²) in [6.45, 7) is 1.99. The Kier molecular flexibility index (Phi) is 6.65. The Balaban J connectivity index is 1.45. The maximum atomic E-state index is 12.2. The number of benzene rings is 2. The minimum absolute atomic E-state index is 0.198. The lowest BCUT2D eigenvalue weighted by molar-refractivity contribution is -0.127. The third kappa shape index (κ3) is 4.59. The molecule has 39 heavy (non-hydrogen) atoms. The summed E-state index contributed by atoms with van der Waals surface area (Å²) in [5.41, 5.74) is 2.97. The summed E-state index contributed by atoms with van der Waals surface area (Å²) < 4.78 is 19.7. The van der Waals surface area contributed by atoms with Crippen molar-refractivity contribution in [2.75, 3.05) is 39.7 Å². The average molecular weight is 545 g/mol. The fraction of sp³-hybridized carbons (Fsp3) is 0.286. The predicted molar refractivity (Wildman–Crippen MR) is 151 cm³/mol. The van der Waals surface area contributed by atoms with E-state index in [1.807, 2.05) is 33.7 Å². The van der Waals surface area contributed by atoms with Crippen molar-refractivity contribution in [2.24, 2.45) is 0 Å². The molecule has 0 aliphatic carbocycles. The molecule has 3 aromatic heterocycles. The Bertz CT molecular complexity index is 1650. The van der Waals surface area contributed by atoms with Crippen LogP contribution in [0.15, 0.2) is 48.1 Å². The number of hydrogen-bond acceptors (Lipinski definition) is 9. The Hall–Kier alpha value is -4.38. The maximum Gasteiger partial charge on any atom is 0.222 e. The summed E-state index contributed by atoms with van der Waals surface area (Å²) in [5, 5.41) is 6.59. The summed E-state index contributed by atoms with van der Waals surface area (Å²) in [7, 11) is 4.73. The molecule has 0 atom stereocenters. The maximum absolute atomic E-state index is 12.2. The molecule has 4 heterocycles. The van der Waals surface area contributed by atoms with Crippen LogP contribution >= 0.6 is 11.3 Å². The summed E-state index contributed by atoms with van der Waals surface area (Å²) in [5.74, 6) is 2.89. The zero-order valence-electron chi connectivity index (χ0n) is 21.9. The van der Waals surface area contributed by atoms with Crippen LogP contribution < -0.4 is 19.5 Å². The molecule has 0 bridgehead atoms. The quantitative estimate of drug-likeness (QED) is 0.273. The van der Waals surface area contributed by atoms with Crippen LogP contribution in [0.4, 0.5) is 11.5 Å². The van der Waals surface area contributed by atoms with Gasteiger partial charge in [0.2, 0.25) is 11.7 Å². The molecule has 1 fully saturated rings. The molecule has 1 amide bonds. The Morgan fingerprint density at radius 3 is 2.54 bits per heavy atom. The van der Waals surface area contributed by atoms with E-state index in [4.69, 9.17) is 24.2 Å². The fourth-order valence-corrected chi connectivity index (χ4v) is 5.86. The molecule has 11 heteroatoms. The molecule has 0 unspecified atom stereocenters. The fourth-order valence-electron chi connectivity index (χ4n) is 4.93. The normalized spacial score (nSPS) is 13.4. The van der Waals surface area contributed by atoms with Crippen LogP contribution in [0.25, 0.3) is 32.6 Å². The van der Waals surface area contributed by atoms with Crippen molar-refractivity contribution < 1.29 is 19.0 Å². The van der Waals surface area contributed by atoms with Crippen LogP contribution in [-0.2, 0) is 11.3 Å². The number of fused-ring (bicyclic) bond motifs is 2. The lowest BCUT2D eigenvalue weighted by atomic mass is 10.1. The van der Waals surface area contributed by atoms with Gasteiger partial charge in [-0.25, -0.2) is 15.0 Å². The van der Waals surface area contributed by atoms with E-state index >= 15 is 0 Å². The van der Waals surface area contributed by atoms with Crippen molar-refractivity contribution in [3.8, 4) is 28.6 Å². The summed E-state index contributed by atoms with van der Waals surface area (Å²) in [6, 6.07) is 11.9. The zero-order chi connectivity index (χ0) is 26.9. The molecule has 5 aromatic rings. The predicted octanol–water partition coefficient (Wildman–Crippen LogP) is 5.10. The number of rotatable bonds is 9. The number of carbonyl (C=O) groups excluding carboxylic acids is 1. The van der Waals surface area contributed by atoms with Gasteiger partial charge >= 0.3 is 0 Å². The molecule has 2 aromatic carbocycles. The van der Waals surface area contributed by atoms with Crippen LogP contribution in [0.3, 0.4) is 0 Å². The van der Waals surface area contributed by atoms with Gasteiger partial charge in [-0.2, -0.15) is 0 Å². The molecule has 0 radical (unpaired) electrons. The van der Waals surface area contributed by atoms with E-state index in [9.17, 15) is 4.79 Å². The van der Waals surface area contributed by atoms with E-state index < -0.39 is 0 Å². The van der Waals surface area contributed by atoms with E-state index in [1.165, 1.54) is 0 Å². The van der Waals surface area contributed by atoms with Crippen molar-refractivity contribution in [1.29, 1.82) is 0 Å². The van der Waals surface area contributed by atoms with Crippen LogP contribution in [0.2, 0.25) is 0 Å². The molecule has 6 rings (SSSR count). The third-order valence-electron chi connectivity index (χ3n) is 6.90. The average Bonchev–Trinajstić information content (AvgIpc) is 3.69. The van der Waals surface area contributed by atoms with Gasteiger partial charge in [0.15, 0.2) is 34.3 Å². The first-order valence-corrected chi connectivity index (χ1v) is 13.5. The van der Waals surface area contributed by atoms with Crippen molar-refractivity contribution in [3.63, 3.8) is 0 Å². The van der Waals surface area contributed by atoms with Gasteiger partial charge < -0.3 is 29.0 Å². The number of likely N-dealkylation sites (tertiary alicyclic amines) is 1. The summed E-state index contributed by atoms with van der Waals surface area (Å²) in [4.78, 5) is 28.7. The highest BCUT2D eigenvalue weighted by Gasteiger charge is 2.22. The molecule has 10 nitrogen and oxygen atoms in total.